The second kappa shape index (κ2) is 8.42. The topological polar surface area (TPSA) is 19.0 Å². The molecule has 2 aliphatic rings. The van der Waals surface area contributed by atoms with Gasteiger partial charge in [-0.15, -0.1) is 0 Å². The maximum atomic E-state index is 3.94. The molecule has 3 heteroatoms. The molecule has 0 spiro atoms. The lowest BCUT2D eigenvalue weighted by atomic mass is 9.55. The lowest BCUT2D eigenvalue weighted by Crippen LogP contribution is -2.45. The molecule has 0 saturated carbocycles. The zero-order chi connectivity index (χ0) is 29.2. The molecule has 1 aromatic heterocycles. The number of aromatic amines is 1. The average Bonchev–Trinajstić information content (AvgIpc) is 3.45. The summed E-state index contributed by atoms with van der Waals surface area (Å²) in [6, 6.07) is 47.4. The minimum atomic E-state index is -0.0751. The van der Waals surface area contributed by atoms with Crippen molar-refractivity contribution in [3.63, 3.8) is 0 Å². The summed E-state index contributed by atoms with van der Waals surface area (Å²) in [5, 5.41) is 7.64. The summed E-state index contributed by atoms with van der Waals surface area (Å²) in [7, 11) is 0.896. The molecule has 10 rings (SSSR count). The number of fused-ring (bicyclic) bond motifs is 10. The quantitative estimate of drug-likeness (QED) is 0.199. The monoisotopic (exact) mass is 560 g/mol. The molecule has 0 unspecified atom stereocenters. The third-order valence-corrected chi connectivity index (χ3v) is 10.4. The van der Waals surface area contributed by atoms with E-state index in [2.05, 4.69) is 151 Å². The first kappa shape index (κ1) is 24.2. The molecule has 0 aliphatic carbocycles. The lowest BCUT2D eigenvalue weighted by molar-refractivity contribution is 0.632. The number of nitrogens with one attached hydrogen (secondary N) is 1. The van der Waals surface area contributed by atoms with E-state index in [1.807, 2.05) is 0 Å². The number of para-hydroxylation sites is 3. The number of hydrogen-bond donors (Lipinski definition) is 1. The largest absolute Gasteiger partial charge is 0.353 e. The molecule has 7 aromatic carbocycles. The standard InChI is InChI=1S/C41H29BN2/c1-41(2)31-17-7-8-20-34(31)44-35-23-25-12-4-5-13-26(25)36(37(35)42-33-19-10-18-32(41)40(33)44)30-16-9-15-28-29-22-21-24-11-3-6-14-27(24)38(29)43-39(28)30/h3-23,42-43H,1-2H3. The molecule has 1 N–H and O–H groups in total. The lowest BCUT2D eigenvalue weighted by Gasteiger charge is -2.46. The highest BCUT2D eigenvalue weighted by Gasteiger charge is 2.41. The van der Waals surface area contributed by atoms with Gasteiger partial charge in [-0.3, -0.25) is 0 Å². The predicted octanol–water partition coefficient (Wildman–Crippen LogP) is 9.10. The average molecular weight is 561 g/mol. The third-order valence-electron chi connectivity index (χ3n) is 10.4. The molecule has 44 heavy (non-hydrogen) atoms. The number of H-pyrrole nitrogens is 1. The van der Waals surface area contributed by atoms with Crippen molar-refractivity contribution in [1.82, 2.24) is 4.98 Å². The van der Waals surface area contributed by atoms with Crippen molar-refractivity contribution < 1.29 is 0 Å². The van der Waals surface area contributed by atoms with Gasteiger partial charge >= 0.3 is 0 Å². The van der Waals surface area contributed by atoms with E-state index >= 15 is 0 Å². The van der Waals surface area contributed by atoms with Crippen LogP contribution in [0.25, 0.3) is 54.5 Å². The molecule has 0 radical (unpaired) electrons. The highest BCUT2D eigenvalue weighted by atomic mass is 15.2. The van der Waals surface area contributed by atoms with Crippen molar-refractivity contribution in [2.24, 2.45) is 0 Å². The molecule has 8 aromatic rings. The molecule has 2 nitrogen and oxygen atoms in total. The summed E-state index contributed by atoms with van der Waals surface area (Å²) in [5.41, 5.74) is 14.4. The van der Waals surface area contributed by atoms with Gasteiger partial charge in [-0.05, 0) is 50.4 Å². The number of anilines is 3. The number of nitrogens with zero attached hydrogens (tertiary/aromatic N) is 1. The summed E-state index contributed by atoms with van der Waals surface area (Å²) in [5.74, 6) is 0. The minimum absolute atomic E-state index is 0.0751. The highest BCUT2D eigenvalue weighted by molar-refractivity contribution is 6.74. The Hall–Kier alpha value is -5.28. The summed E-state index contributed by atoms with van der Waals surface area (Å²) < 4.78 is 0. The summed E-state index contributed by atoms with van der Waals surface area (Å²) >= 11 is 0. The second-order valence-electron chi connectivity index (χ2n) is 13.0. The Labute approximate surface area is 256 Å². The van der Waals surface area contributed by atoms with Crippen molar-refractivity contribution in [2.75, 3.05) is 4.90 Å². The Balaban J connectivity index is 1.34. The fraction of sp³-hybridized carbons (Fsp3) is 0.0732. The van der Waals surface area contributed by atoms with Gasteiger partial charge in [0.25, 0.3) is 0 Å². The van der Waals surface area contributed by atoms with Crippen molar-refractivity contribution in [1.29, 1.82) is 0 Å². The summed E-state index contributed by atoms with van der Waals surface area (Å²) in [6.07, 6.45) is 0. The Bertz CT molecular complexity index is 2520. The van der Waals surface area contributed by atoms with Gasteiger partial charge in [-0.2, -0.15) is 0 Å². The first-order valence-corrected chi connectivity index (χ1v) is 15.6. The zero-order valence-corrected chi connectivity index (χ0v) is 24.8. The van der Waals surface area contributed by atoms with Crippen LogP contribution in [0.4, 0.5) is 17.1 Å². The van der Waals surface area contributed by atoms with Gasteiger partial charge in [0, 0.05) is 38.5 Å². The van der Waals surface area contributed by atoms with Crippen molar-refractivity contribution in [3.8, 4) is 11.1 Å². The molecule has 0 saturated heterocycles. The van der Waals surface area contributed by atoms with E-state index in [1.54, 1.807) is 0 Å². The summed E-state index contributed by atoms with van der Waals surface area (Å²) in [4.78, 5) is 6.51. The number of rotatable bonds is 1. The van der Waals surface area contributed by atoms with E-state index in [0.717, 1.165) is 7.28 Å². The van der Waals surface area contributed by atoms with Crippen LogP contribution in [0, 0.1) is 0 Å². The van der Waals surface area contributed by atoms with E-state index in [4.69, 9.17) is 0 Å². The maximum Gasteiger partial charge on any atom is 0.198 e. The van der Waals surface area contributed by atoms with Gasteiger partial charge in [-0.1, -0.05) is 135 Å². The van der Waals surface area contributed by atoms with Crippen LogP contribution in [0.2, 0.25) is 0 Å². The third kappa shape index (κ3) is 3.01. The summed E-state index contributed by atoms with van der Waals surface area (Å²) in [6.45, 7) is 4.75. The van der Waals surface area contributed by atoms with Gasteiger partial charge < -0.3 is 9.88 Å². The molecule has 2 aliphatic heterocycles. The Kier molecular flexibility index (Phi) is 4.63. The zero-order valence-electron chi connectivity index (χ0n) is 24.8. The van der Waals surface area contributed by atoms with Crippen LogP contribution in [-0.4, -0.2) is 12.3 Å². The first-order valence-electron chi connectivity index (χ1n) is 15.6. The molecular formula is C41H29BN2. The minimum Gasteiger partial charge on any atom is -0.353 e. The maximum absolute atomic E-state index is 3.94. The molecule has 0 bridgehead atoms. The fourth-order valence-corrected chi connectivity index (χ4v) is 8.34. The van der Waals surface area contributed by atoms with Gasteiger partial charge in [0.05, 0.1) is 16.7 Å². The number of hydrogen-bond acceptors (Lipinski definition) is 1. The van der Waals surface area contributed by atoms with E-state index in [0.29, 0.717) is 0 Å². The Morgan fingerprint density at radius 3 is 2.18 bits per heavy atom. The van der Waals surface area contributed by atoms with Crippen LogP contribution >= 0.6 is 0 Å². The van der Waals surface area contributed by atoms with Gasteiger partial charge in [0.2, 0.25) is 0 Å². The molecule has 0 atom stereocenters. The van der Waals surface area contributed by atoms with Crippen molar-refractivity contribution in [2.45, 2.75) is 19.3 Å². The van der Waals surface area contributed by atoms with E-state index < -0.39 is 0 Å². The number of benzene rings is 7. The predicted molar refractivity (Wildman–Crippen MR) is 189 cm³/mol. The Morgan fingerprint density at radius 1 is 0.568 bits per heavy atom. The number of aromatic nitrogens is 1. The van der Waals surface area contributed by atoms with Crippen LogP contribution in [0.1, 0.15) is 25.0 Å². The molecule has 3 heterocycles. The Morgan fingerprint density at radius 2 is 1.27 bits per heavy atom. The van der Waals surface area contributed by atoms with Crippen LogP contribution in [0.5, 0.6) is 0 Å². The normalized spacial score (nSPS) is 14.5. The van der Waals surface area contributed by atoms with Gasteiger partial charge in [0.15, 0.2) is 7.28 Å². The van der Waals surface area contributed by atoms with E-state index in [9.17, 15) is 0 Å². The molecule has 206 valence electrons. The van der Waals surface area contributed by atoms with Crippen LogP contribution in [0.15, 0.2) is 127 Å². The van der Waals surface area contributed by atoms with E-state index in [1.165, 1.54) is 93.6 Å². The molecule has 0 amide bonds. The van der Waals surface area contributed by atoms with Crippen LogP contribution in [-0.2, 0) is 5.41 Å². The van der Waals surface area contributed by atoms with Crippen LogP contribution in [0.3, 0.4) is 0 Å². The SMILES string of the molecule is CC1(C)c2ccccc2N2c3cc4ccccc4c(-c4cccc5c4[nH]c4c6ccccc6ccc54)c3Bc3cccc1c32. The first-order chi connectivity index (χ1) is 21.6. The molecule has 0 fully saturated rings. The molecular weight excluding hydrogens is 531 g/mol. The van der Waals surface area contributed by atoms with E-state index in [-0.39, 0.29) is 5.41 Å². The van der Waals surface area contributed by atoms with Crippen molar-refractivity contribution >= 4 is 78.6 Å². The van der Waals surface area contributed by atoms with Crippen LogP contribution < -0.4 is 15.8 Å². The highest BCUT2D eigenvalue weighted by Crippen LogP contribution is 2.52. The van der Waals surface area contributed by atoms with Crippen molar-refractivity contribution in [3.05, 3.63) is 139 Å². The van der Waals surface area contributed by atoms with Gasteiger partial charge in [-0.25, -0.2) is 0 Å². The smallest absolute Gasteiger partial charge is 0.198 e. The second-order valence-corrected chi connectivity index (χ2v) is 13.0. The fourth-order valence-electron chi connectivity index (χ4n) is 8.34. The van der Waals surface area contributed by atoms with Gasteiger partial charge in [0.1, 0.15) is 0 Å².